The summed E-state index contributed by atoms with van der Waals surface area (Å²) in [5, 5.41) is 21.9. The van der Waals surface area contributed by atoms with Crippen molar-refractivity contribution in [2.24, 2.45) is 16.7 Å². The van der Waals surface area contributed by atoms with Gasteiger partial charge < -0.3 is 10.2 Å². The zero-order valence-electron chi connectivity index (χ0n) is 12.1. The molecule has 4 atom stereocenters. The van der Waals surface area contributed by atoms with Crippen molar-refractivity contribution in [1.82, 2.24) is 0 Å². The summed E-state index contributed by atoms with van der Waals surface area (Å²) in [7, 11) is 0. The monoisotopic (exact) mass is 260 g/mol. The fourth-order valence-electron chi connectivity index (χ4n) is 4.77. The van der Waals surface area contributed by atoms with Gasteiger partial charge in [0.25, 0.3) is 0 Å². The van der Waals surface area contributed by atoms with Crippen LogP contribution in [0.4, 0.5) is 0 Å². The topological polar surface area (TPSA) is 40.5 Å². The van der Waals surface area contributed by atoms with Gasteiger partial charge >= 0.3 is 0 Å². The van der Waals surface area contributed by atoms with Crippen molar-refractivity contribution in [2.75, 3.05) is 0 Å². The van der Waals surface area contributed by atoms with Crippen molar-refractivity contribution < 1.29 is 10.2 Å². The summed E-state index contributed by atoms with van der Waals surface area (Å²) in [6.07, 6.45) is 1.96. The normalized spacial score (nSPS) is 43.6. The van der Waals surface area contributed by atoms with Crippen LogP contribution >= 0.6 is 0 Å². The summed E-state index contributed by atoms with van der Waals surface area (Å²) in [4.78, 5) is 0. The van der Waals surface area contributed by atoms with Crippen LogP contribution in [0.2, 0.25) is 0 Å². The average Bonchev–Trinajstić information content (AvgIpc) is 2.66. The molecule has 2 fully saturated rings. The molecule has 0 radical (unpaired) electrons. The molecule has 2 nitrogen and oxygen atoms in total. The fraction of sp³-hybridized carbons (Fsp3) is 0.647. The van der Waals surface area contributed by atoms with Gasteiger partial charge in [0.2, 0.25) is 0 Å². The van der Waals surface area contributed by atoms with Crippen molar-refractivity contribution in [3.8, 4) is 0 Å². The number of hydrogen-bond acceptors (Lipinski definition) is 2. The highest BCUT2D eigenvalue weighted by atomic mass is 16.3. The Morgan fingerprint density at radius 2 is 1.79 bits per heavy atom. The lowest BCUT2D eigenvalue weighted by Gasteiger charge is -2.40. The van der Waals surface area contributed by atoms with Crippen molar-refractivity contribution in [2.45, 2.75) is 51.7 Å². The Bertz CT molecular complexity index is 481. The van der Waals surface area contributed by atoms with Crippen LogP contribution in [-0.2, 0) is 6.42 Å². The molecule has 0 spiro atoms. The molecule has 2 N–H and O–H groups in total. The van der Waals surface area contributed by atoms with E-state index in [-0.39, 0.29) is 16.7 Å². The lowest BCUT2D eigenvalue weighted by atomic mass is 9.70. The first-order chi connectivity index (χ1) is 8.82. The van der Waals surface area contributed by atoms with Crippen molar-refractivity contribution >= 4 is 0 Å². The van der Waals surface area contributed by atoms with Gasteiger partial charge in [0.1, 0.15) is 0 Å². The molecular formula is C17H24O2. The van der Waals surface area contributed by atoms with Crippen LogP contribution < -0.4 is 0 Å². The standard InChI is InChI=1S/C17H24O2/c1-15(2)13-9-10-16(15,3)14(18)17(13,19)11-12-7-5-4-6-8-12/h4-8,13-14,18-19H,9-11H2,1-3H3/t13-,14-,16?,17-/m1/s1. The number of aliphatic hydroxyl groups excluding tert-OH is 1. The van der Waals surface area contributed by atoms with Crippen molar-refractivity contribution in [1.29, 1.82) is 0 Å². The van der Waals surface area contributed by atoms with E-state index in [4.69, 9.17) is 0 Å². The third-order valence-corrected chi connectivity index (χ3v) is 6.31. The van der Waals surface area contributed by atoms with Crippen molar-refractivity contribution in [3.05, 3.63) is 35.9 Å². The van der Waals surface area contributed by atoms with Gasteiger partial charge in [-0.2, -0.15) is 0 Å². The van der Waals surface area contributed by atoms with Crippen LogP contribution in [0.5, 0.6) is 0 Å². The minimum Gasteiger partial charge on any atom is -0.390 e. The Labute approximate surface area is 115 Å². The zero-order valence-corrected chi connectivity index (χ0v) is 12.1. The number of benzene rings is 1. The second-order valence-corrected chi connectivity index (χ2v) is 7.29. The SMILES string of the molecule is CC1(C)[C@H]2CCC1(C)[C@@H](O)[C@@]2(O)Cc1ccccc1. The molecular weight excluding hydrogens is 236 g/mol. The molecule has 2 saturated carbocycles. The smallest absolute Gasteiger partial charge is 0.0984 e. The molecule has 1 aromatic rings. The highest BCUT2D eigenvalue weighted by Crippen LogP contribution is 2.69. The molecule has 0 saturated heterocycles. The first-order valence-corrected chi connectivity index (χ1v) is 7.27. The summed E-state index contributed by atoms with van der Waals surface area (Å²) >= 11 is 0. The first-order valence-electron chi connectivity index (χ1n) is 7.27. The molecule has 104 valence electrons. The zero-order chi connectivity index (χ0) is 13.9. The summed E-state index contributed by atoms with van der Waals surface area (Å²) < 4.78 is 0. The highest BCUT2D eigenvalue weighted by molar-refractivity contribution is 5.26. The van der Waals surface area contributed by atoms with E-state index in [1.54, 1.807) is 0 Å². The molecule has 0 amide bonds. The van der Waals surface area contributed by atoms with Gasteiger partial charge in [-0.15, -0.1) is 0 Å². The molecule has 0 aliphatic heterocycles. The third kappa shape index (κ3) is 1.50. The molecule has 19 heavy (non-hydrogen) atoms. The van der Waals surface area contributed by atoms with E-state index in [1.807, 2.05) is 30.3 Å². The molecule has 2 bridgehead atoms. The lowest BCUT2D eigenvalue weighted by Crippen LogP contribution is -2.51. The Kier molecular flexibility index (Phi) is 2.65. The quantitative estimate of drug-likeness (QED) is 0.858. The predicted octanol–water partition coefficient (Wildman–Crippen LogP) is 2.78. The number of hydrogen-bond donors (Lipinski definition) is 2. The van der Waals surface area contributed by atoms with E-state index in [1.165, 1.54) is 0 Å². The van der Waals surface area contributed by atoms with E-state index in [9.17, 15) is 10.2 Å². The second kappa shape index (κ2) is 3.83. The van der Waals surface area contributed by atoms with Gasteiger partial charge in [-0.25, -0.2) is 0 Å². The van der Waals surface area contributed by atoms with Gasteiger partial charge in [0.15, 0.2) is 0 Å². The van der Waals surface area contributed by atoms with Crippen LogP contribution in [0.3, 0.4) is 0 Å². The Morgan fingerprint density at radius 3 is 2.32 bits per heavy atom. The molecule has 2 aliphatic rings. The number of rotatable bonds is 2. The van der Waals surface area contributed by atoms with Gasteiger partial charge in [-0.05, 0) is 29.7 Å². The minimum atomic E-state index is -0.974. The van der Waals surface area contributed by atoms with Crippen LogP contribution in [0.15, 0.2) is 30.3 Å². The van der Waals surface area contributed by atoms with Crippen LogP contribution in [0.25, 0.3) is 0 Å². The fourth-order valence-corrected chi connectivity index (χ4v) is 4.77. The van der Waals surface area contributed by atoms with E-state index in [0.29, 0.717) is 6.42 Å². The van der Waals surface area contributed by atoms with E-state index >= 15 is 0 Å². The highest BCUT2D eigenvalue weighted by Gasteiger charge is 2.71. The second-order valence-electron chi connectivity index (χ2n) is 7.29. The van der Waals surface area contributed by atoms with Gasteiger partial charge in [-0.1, -0.05) is 51.1 Å². The maximum Gasteiger partial charge on any atom is 0.0984 e. The Hall–Kier alpha value is -0.860. The van der Waals surface area contributed by atoms with E-state index in [0.717, 1.165) is 18.4 Å². The molecule has 1 aromatic carbocycles. The molecule has 1 unspecified atom stereocenters. The summed E-state index contributed by atoms with van der Waals surface area (Å²) in [5.74, 6) is 0.181. The molecule has 2 heteroatoms. The Balaban J connectivity index is 1.98. The average molecular weight is 260 g/mol. The molecule has 2 aliphatic carbocycles. The number of fused-ring (bicyclic) bond motifs is 2. The predicted molar refractivity (Wildman–Crippen MR) is 75.7 cm³/mol. The van der Waals surface area contributed by atoms with E-state index < -0.39 is 11.7 Å². The maximum absolute atomic E-state index is 11.2. The molecule has 0 heterocycles. The van der Waals surface area contributed by atoms with Crippen LogP contribution in [-0.4, -0.2) is 21.9 Å². The largest absolute Gasteiger partial charge is 0.390 e. The first kappa shape index (κ1) is 13.1. The summed E-state index contributed by atoms with van der Waals surface area (Å²) in [6.45, 7) is 6.55. The van der Waals surface area contributed by atoms with Gasteiger partial charge in [0.05, 0.1) is 11.7 Å². The summed E-state index contributed by atoms with van der Waals surface area (Å²) in [6, 6.07) is 10.0. The third-order valence-electron chi connectivity index (χ3n) is 6.31. The lowest BCUT2D eigenvalue weighted by molar-refractivity contribution is -0.126. The minimum absolute atomic E-state index is 0.00402. The van der Waals surface area contributed by atoms with Crippen molar-refractivity contribution in [3.63, 3.8) is 0 Å². The number of aliphatic hydroxyl groups is 2. The Morgan fingerprint density at radius 1 is 1.16 bits per heavy atom. The summed E-state index contributed by atoms with van der Waals surface area (Å²) in [5.41, 5.74) is -0.0364. The maximum atomic E-state index is 11.2. The molecule has 0 aromatic heterocycles. The van der Waals surface area contributed by atoms with Gasteiger partial charge in [0, 0.05) is 11.8 Å². The van der Waals surface area contributed by atoms with Crippen LogP contribution in [0, 0.1) is 16.7 Å². The molecule has 3 rings (SSSR count). The van der Waals surface area contributed by atoms with E-state index in [2.05, 4.69) is 20.8 Å². The van der Waals surface area contributed by atoms with Gasteiger partial charge in [-0.3, -0.25) is 0 Å². The van der Waals surface area contributed by atoms with Crippen LogP contribution in [0.1, 0.15) is 39.2 Å².